The zero-order valence-corrected chi connectivity index (χ0v) is 18.2. The average Bonchev–Trinajstić information content (AvgIpc) is 3.46. The Balaban J connectivity index is 1.51. The Morgan fingerprint density at radius 1 is 1.24 bits per heavy atom. The third-order valence-corrected chi connectivity index (χ3v) is 5.73. The summed E-state index contributed by atoms with van der Waals surface area (Å²) in [6.07, 6.45) is 0.806. The summed E-state index contributed by atoms with van der Waals surface area (Å²) >= 11 is 0. The molecule has 0 aliphatic heterocycles. The van der Waals surface area contributed by atoms with Gasteiger partial charge in [-0.05, 0) is 52.9 Å². The molecule has 0 unspecified atom stereocenters. The number of nitrogens with zero attached hydrogens (tertiary/aromatic N) is 5. The van der Waals surface area contributed by atoms with E-state index in [0.29, 0.717) is 29.8 Å². The summed E-state index contributed by atoms with van der Waals surface area (Å²) in [6, 6.07) is 13.7. The molecule has 0 spiro atoms. The number of carbonyl (C=O) groups is 2. The van der Waals surface area contributed by atoms with E-state index in [-0.39, 0.29) is 18.4 Å². The highest BCUT2D eigenvalue weighted by Crippen LogP contribution is 2.37. The smallest absolute Gasteiger partial charge is 0.246 e. The van der Waals surface area contributed by atoms with Gasteiger partial charge in [-0.1, -0.05) is 36.4 Å². The Labute approximate surface area is 189 Å². The lowest BCUT2D eigenvalue weighted by molar-refractivity contribution is -0.130. The minimum absolute atomic E-state index is 0.271. The summed E-state index contributed by atoms with van der Waals surface area (Å²) in [4.78, 5) is 24.4. The van der Waals surface area contributed by atoms with E-state index in [2.05, 4.69) is 26.2 Å². The molecular formula is C23H22FN7O2. The van der Waals surface area contributed by atoms with E-state index in [9.17, 15) is 14.0 Å². The lowest BCUT2D eigenvalue weighted by Crippen LogP contribution is -2.49. The molecule has 1 aliphatic rings. The molecule has 1 saturated carbocycles. The molecule has 2 N–H and O–H groups in total. The highest BCUT2D eigenvalue weighted by Gasteiger charge is 2.51. The van der Waals surface area contributed by atoms with Crippen molar-refractivity contribution in [2.45, 2.75) is 37.8 Å². The van der Waals surface area contributed by atoms with Crippen molar-refractivity contribution in [3.63, 3.8) is 0 Å². The summed E-state index contributed by atoms with van der Waals surface area (Å²) in [7, 11) is 1.65. The molecular weight excluding hydrogens is 425 g/mol. The molecule has 2 aromatic carbocycles. The standard InChI is InChI=1S/C23H22FN7O2/c1-14(26-22(33)23(11-12-23)27-19(32)10-13-25)15-6-8-16(9-7-15)17-4-3-5-18(24)20(17)21-28-29-30-31(21)2/h3-9,14H,10-12H2,1-2H3,(H,26,33)(H,27,32)/t14-/m1/s1. The zero-order valence-electron chi connectivity index (χ0n) is 18.2. The van der Waals surface area contributed by atoms with Gasteiger partial charge in [0, 0.05) is 7.05 Å². The van der Waals surface area contributed by atoms with Crippen LogP contribution in [0.1, 0.15) is 37.8 Å². The van der Waals surface area contributed by atoms with Crippen LogP contribution in [0, 0.1) is 17.1 Å². The number of carbonyl (C=O) groups excluding carboxylic acids is 2. The van der Waals surface area contributed by atoms with Gasteiger partial charge in [0.25, 0.3) is 0 Å². The van der Waals surface area contributed by atoms with Gasteiger partial charge in [0.2, 0.25) is 11.8 Å². The molecule has 0 saturated heterocycles. The second kappa shape index (κ2) is 8.78. The predicted octanol–water partition coefficient (Wildman–Crippen LogP) is 2.42. The quantitative estimate of drug-likeness (QED) is 0.573. The molecule has 1 aliphatic carbocycles. The van der Waals surface area contributed by atoms with Crippen LogP contribution in [-0.2, 0) is 16.6 Å². The largest absolute Gasteiger partial charge is 0.348 e. The number of tetrazole rings is 1. The van der Waals surface area contributed by atoms with Crippen molar-refractivity contribution in [3.8, 4) is 28.6 Å². The highest BCUT2D eigenvalue weighted by molar-refractivity contribution is 5.94. The number of rotatable bonds is 7. The topological polar surface area (TPSA) is 126 Å². The lowest BCUT2D eigenvalue weighted by atomic mass is 9.96. The molecule has 33 heavy (non-hydrogen) atoms. The van der Waals surface area contributed by atoms with Crippen LogP contribution in [0.5, 0.6) is 0 Å². The van der Waals surface area contributed by atoms with Crippen molar-refractivity contribution < 1.29 is 14.0 Å². The van der Waals surface area contributed by atoms with Crippen molar-refractivity contribution in [1.82, 2.24) is 30.8 Å². The number of nitriles is 1. The molecule has 4 rings (SSSR count). The minimum Gasteiger partial charge on any atom is -0.348 e. The Morgan fingerprint density at radius 3 is 2.58 bits per heavy atom. The third kappa shape index (κ3) is 4.43. The van der Waals surface area contributed by atoms with Crippen LogP contribution in [0.4, 0.5) is 4.39 Å². The zero-order chi connectivity index (χ0) is 23.6. The summed E-state index contributed by atoms with van der Waals surface area (Å²) in [5.74, 6) is -0.831. The molecule has 1 fully saturated rings. The van der Waals surface area contributed by atoms with Gasteiger partial charge >= 0.3 is 0 Å². The number of nitrogens with one attached hydrogen (secondary N) is 2. The number of amides is 2. The van der Waals surface area contributed by atoms with Crippen LogP contribution < -0.4 is 10.6 Å². The average molecular weight is 447 g/mol. The van der Waals surface area contributed by atoms with E-state index in [0.717, 1.165) is 11.1 Å². The second-order valence-electron chi connectivity index (χ2n) is 8.07. The molecule has 0 bridgehead atoms. The van der Waals surface area contributed by atoms with E-state index in [1.165, 1.54) is 10.7 Å². The van der Waals surface area contributed by atoms with E-state index >= 15 is 0 Å². The Hall–Kier alpha value is -4.13. The van der Waals surface area contributed by atoms with E-state index < -0.39 is 17.3 Å². The first kappa shape index (κ1) is 22.1. The molecule has 1 atom stereocenters. The normalized spacial score (nSPS) is 14.7. The van der Waals surface area contributed by atoms with E-state index in [1.807, 2.05) is 31.2 Å². The maximum Gasteiger partial charge on any atom is 0.246 e. The lowest BCUT2D eigenvalue weighted by Gasteiger charge is -2.21. The maximum atomic E-state index is 14.7. The summed E-state index contributed by atoms with van der Waals surface area (Å²) in [6.45, 7) is 1.85. The fourth-order valence-corrected chi connectivity index (χ4v) is 3.72. The van der Waals surface area contributed by atoms with Gasteiger partial charge in [0.05, 0.1) is 17.7 Å². The molecule has 2 amide bonds. The Morgan fingerprint density at radius 2 is 1.97 bits per heavy atom. The molecule has 1 heterocycles. The van der Waals surface area contributed by atoms with Crippen LogP contribution in [0.15, 0.2) is 42.5 Å². The summed E-state index contributed by atoms with van der Waals surface area (Å²) in [5, 5.41) is 25.6. The number of halogens is 1. The first-order valence-electron chi connectivity index (χ1n) is 10.4. The first-order valence-corrected chi connectivity index (χ1v) is 10.4. The molecule has 10 heteroatoms. The van der Waals surface area contributed by atoms with Gasteiger partial charge in [0.15, 0.2) is 5.82 Å². The van der Waals surface area contributed by atoms with Crippen LogP contribution in [0.2, 0.25) is 0 Å². The van der Waals surface area contributed by atoms with Gasteiger partial charge < -0.3 is 10.6 Å². The van der Waals surface area contributed by atoms with Crippen LogP contribution in [0.3, 0.4) is 0 Å². The van der Waals surface area contributed by atoms with Crippen LogP contribution >= 0.6 is 0 Å². The Kier molecular flexibility index (Phi) is 5.87. The summed E-state index contributed by atoms with van der Waals surface area (Å²) in [5.41, 5.74) is 1.65. The number of benzene rings is 2. The fourth-order valence-electron chi connectivity index (χ4n) is 3.72. The summed E-state index contributed by atoms with van der Waals surface area (Å²) < 4.78 is 16.1. The molecule has 3 aromatic rings. The Bertz CT molecular complexity index is 1240. The third-order valence-electron chi connectivity index (χ3n) is 5.73. The van der Waals surface area contributed by atoms with E-state index in [4.69, 9.17) is 5.26 Å². The van der Waals surface area contributed by atoms with Crippen LogP contribution in [0.25, 0.3) is 22.5 Å². The second-order valence-corrected chi connectivity index (χ2v) is 8.07. The monoisotopic (exact) mass is 447 g/mol. The molecule has 168 valence electrons. The molecule has 9 nitrogen and oxygen atoms in total. The van der Waals surface area contributed by atoms with Gasteiger partial charge in [-0.2, -0.15) is 5.26 Å². The van der Waals surface area contributed by atoms with Gasteiger partial charge in [-0.25, -0.2) is 9.07 Å². The number of aromatic nitrogens is 4. The van der Waals surface area contributed by atoms with Crippen molar-refractivity contribution in [2.24, 2.45) is 7.05 Å². The SMILES string of the molecule is C[C@@H](NC(=O)C1(NC(=O)CC#N)CC1)c1ccc(-c2cccc(F)c2-c2nnnn2C)cc1. The highest BCUT2D eigenvalue weighted by atomic mass is 19.1. The predicted molar refractivity (Wildman–Crippen MR) is 117 cm³/mol. The fraction of sp³-hybridized carbons (Fsp3) is 0.304. The van der Waals surface area contributed by atoms with E-state index in [1.54, 1.807) is 25.2 Å². The van der Waals surface area contributed by atoms with Gasteiger partial charge in [-0.3, -0.25) is 9.59 Å². The van der Waals surface area contributed by atoms with Gasteiger partial charge in [-0.15, -0.1) is 5.10 Å². The number of hydrogen-bond acceptors (Lipinski definition) is 6. The van der Waals surface area contributed by atoms with Crippen molar-refractivity contribution in [2.75, 3.05) is 0 Å². The van der Waals surface area contributed by atoms with Crippen molar-refractivity contribution in [3.05, 3.63) is 53.8 Å². The molecule has 1 aromatic heterocycles. The molecule has 0 radical (unpaired) electrons. The number of aryl methyl sites for hydroxylation is 1. The maximum absolute atomic E-state index is 14.7. The van der Waals surface area contributed by atoms with Crippen molar-refractivity contribution in [1.29, 1.82) is 5.26 Å². The first-order chi connectivity index (χ1) is 15.8. The van der Waals surface area contributed by atoms with Crippen molar-refractivity contribution >= 4 is 11.8 Å². The minimum atomic E-state index is -0.928. The van der Waals surface area contributed by atoms with Crippen LogP contribution in [-0.4, -0.2) is 37.6 Å². The number of hydrogen-bond donors (Lipinski definition) is 2. The van der Waals surface area contributed by atoms with Gasteiger partial charge in [0.1, 0.15) is 17.8 Å².